The van der Waals surface area contributed by atoms with Gasteiger partial charge in [-0.15, -0.1) is 0 Å². The van der Waals surface area contributed by atoms with E-state index in [0.717, 1.165) is 4.90 Å². The maximum absolute atomic E-state index is 10.9. The van der Waals surface area contributed by atoms with Gasteiger partial charge in [0, 0.05) is 0 Å². The van der Waals surface area contributed by atoms with Crippen LogP contribution in [0.5, 0.6) is 5.75 Å². The van der Waals surface area contributed by atoms with E-state index in [9.17, 15) is 4.79 Å². The van der Waals surface area contributed by atoms with Gasteiger partial charge >= 0.3 is 5.97 Å². The highest BCUT2D eigenvalue weighted by atomic mass is 32.2. The van der Waals surface area contributed by atoms with Gasteiger partial charge in [0.25, 0.3) is 0 Å². The van der Waals surface area contributed by atoms with Gasteiger partial charge in [0.05, 0.1) is 22.5 Å². The Balaban J connectivity index is 1.86. The van der Waals surface area contributed by atoms with Gasteiger partial charge in [0.2, 0.25) is 0 Å². The van der Waals surface area contributed by atoms with Crippen molar-refractivity contribution in [3.63, 3.8) is 0 Å². The Labute approximate surface area is 160 Å². The van der Waals surface area contributed by atoms with Crippen LogP contribution in [-0.2, 0) is 10.8 Å². The van der Waals surface area contributed by atoms with Gasteiger partial charge in [-0.3, -0.25) is 0 Å². The highest BCUT2D eigenvalue weighted by Gasteiger charge is 2.37. The first-order valence-corrected chi connectivity index (χ1v) is 9.68. The predicted octanol–water partition coefficient (Wildman–Crippen LogP) is 6.13. The number of fused-ring (bicyclic) bond motifs is 1. The first kappa shape index (κ1) is 18.8. The molecule has 0 fully saturated rings. The zero-order chi connectivity index (χ0) is 19.1. The quantitative estimate of drug-likeness (QED) is 0.658. The minimum absolute atomic E-state index is 0.164. The Kier molecular flexibility index (Phi) is 4.82. The van der Waals surface area contributed by atoms with Crippen LogP contribution in [0.1, 0.15) is 67.6 Å². The van der Waals surface area contributed by atoms with Gasteiger partial charge in [0.15, 0.2) is 0 Å². The fraction of sp³-hybridized carbons (Fsp3) is 0.409. The molecule has 4 heteroatoms. The number of carbonyl (C=O) groups is 1. The monoisotopic (exact) mass is 370 g/mol. The molecule has 2 aromatic rings. The largest absolute Gasteiger partial charge is 0.478 e. The van der Waals surface area contributed by atoms with Gasteiger partial charge in [-0.25, -0.2) is 4.79 Å². The number of carboxylic acids is 1. The van der Waals surface area contributed by atoms with Crippen molar-refractivity contribution >= 4 is 18.0 Å². The molecule has 1 aliphatic rings. The minimum atomic E-state index is -0.931. The second-order valence-corrected chi connectivity index (χ2v) is 9.20. The third kappa shape index (κ3) is 3.61. The summed E-state index contributed by atoms with van der Waals surface area (Å²) in [6.45, 7) is 11.4. The summed E-state index contributed by atoms with van der Waals surface area (Å²) in [4.78, 5) is 12.0. The first-order valence-electron chi connectivity index (χ1n) is 8.94. The number of carboxylic acid groups (broad SMARTS) is 1. The number of hydrogen-bond acceptors (Lipinski definition) is 3. The minimum Gasteiger partial charge on any atom is -0.478 e. The summed E-state index contributed by atoms with van der Waals surface area (Å²) < 4.78 is 5.84. The molecule has 1 aliphatic carbocycles. The zero-order valence-electron chi connectivity index (χ0n) is 16.1. The van der Waals surface area contributed by atoms with Crippen molar-refractivity contribution in [2.75, 3.05) is 0 Å². The van der Waals surface area contributed by atoms with Crippen LogP contribution in [0.4, 0.5) is 0 Å². The van der Waals surface area contributed by atoms with Crippen molar-refractivity contribution in [1.29, 1.82) is 0 Å². The predicted molar refractivity (Wildman–Crippen MR) is 106 cm³/mol. The molecule has 0 aromatic heterocycles. The molecule has 0 spiro atoms. The maximum Gasteiger partial charge on any atom is 0.335 e. The van der Waals surface area contributed by atoms with Crippen LogP contribution in [0.3, 0.4) is 0 Å². The summed E-state index contributed by atoms with van der Waals surface area (Å²) in [7, 11) is 0. The Morgan fingerprint density at radius 2 is 1.54 bits per heavy atom. The molecule has 0 heterocycles. The molecule has 3 nitrogen and oxygen atoms in total. The number of aromatic carboxylic acids is 1. The lowest BCUT2D eigenvalue weighted by Gasteiger charge is -2.42. The second-order valence-electron chi connectivity index (χ2n) is 8.43. The first-order chi connectivity index (χ1) is 12.1. The SMILES string of the molecule is Cc1cc2c(cc1SOc1ccc(C(=O)O)cc1)C(C)(C)CCC2(C)C. The smallest absolute Gasteiger partial charge is 0.335 e. The Morgan fingerprint density at radius 1 is 1.00 bits per heavy atom. The molecule has 0 aliphatic heterocycles. The van der Waals surface area contributed by atoms with Gasteiger partial charge < -0.3 is 9.29 Å². The summed E-state index contributed by atoms with van der Waals surface area (Å²) in [6.07, 6.45) is 2.38. The molecule has 0 atom stereocenters. The molecule has 0 bridgehead atoms. The summed E-state index contributed by atoms with van der Waals surface area (Å²) in [5.41, 5.74) is 4.69. The van der Waals surface area contributed by atoms with E-state index in [2.05, 4.69) is 46.8 Å². The average Bonchev–Trinajstić information content (AvgIpc) is 2.58. The van der Waals surface area contributed by atoms with Gasteiger partial charge in [-0.1, -0.05) is 33.8 Å². The summed E-state index contributed by atoms with van der Waals surface area (Å²) in [5, 5.41) is 8.98. The van der Waals surface area contributed by atoms with E-state index >= 15 is 0 Å². The Bertz CT molecular complexity index is 835. The van der Waals surface area contributed by atoms with Crippen molar-refractivity contribution in [3.05, 3.63) is 58.7 Å². The second kappa shape index (κ2) is 6.66. The number of aryl methyl sites for hydroxylation is 1. The molecule has 0 unspecified atom stereocenters. The van der Waals surface area contributed by atoms with E-state index in [1.807, 2.05) is 0 Å². The fourth-order valence-electron chi connectivity index (χ4n) is 3.54. The molecule has 0 saturated heterocycles. The lowest BCUT2D eigenvalue weighted by atomic mass is 9.63. The molecule has 0 radical (unpaired) electrons. The number of rotatable bonds is 4. The highest BCUT2D eigenvalue weighted by molar-refractivity contribution is 7.95. The molecule has 0 amide bonds. The van der Waals surface area contributed by atoms with Crippen LogP contribution in [-0.4, -0.2) is 11.1 Å². The third-order valence-electron chi connectivity index (χ3n) is 5.48. The fourth-order valence-corrected chi connectivity index (χ4v) is 4.19. The van der Waals surface area contributed by atoms with E-state index in [1.165, 1.54) is 41.6 Å². The standard InChI is InChI=1S/C22H26O3S/c1-14-12-17-18(22(4,5)11-10-21(17,2)3)13-19(14)26-25-16-8-6-15(7-9-16)20(23)24/h6-9,12-13H,10-11H2,1-5H3,(H,23,24). The van der Waals surface area contributed by atoms with Crippen molar-refractivity contribution in [1.82, 2.24) is 0 Å². The lowest BCUT2D eigenvalue weighted by Crippen LogP contribution is -2.34. The topological polar surface area (TPSA) is 46.5 Å². The van der Waals surface area contributed by atoms with Crippen LogP contribution < -0.4 is 4.18 Å². The van der Waals surface area contributed by atoms with E-state index < -0.39 is 5.97 Å². The van der Waals surface area contributed by atoms with Crippen molar-refractivity contribution < 1.29 is 14.1 Å². The Morgan fingerprint density at radius 3 is 2.08 bits per heavy atom. The maximum atomic E-state index is 10.9. The van der Waals surface area contributed by atoms with Gasteiger partial charge in [-0.05, 0) is 77.6 Å². The van der Waals surface area contributed by atoms with Crippen LogP contribution in [0, 0.1) is 6.92 Å². The molecular weight excluding hydrogens is 344 g/mol. The van der Waals surface area contributed by atoms with Crippen molar-refractivity contribution in [2.24, 2.45) is 0 Å². The van der Waals surface area contributed by atoms with Crippen LogP contribution >= 0.6 is 12.0 Å². The average molecular weight is 371 g/mol. The number of hydrogen-bond donors (Lipinski definition) is 1. The lowest BCUT2D eigenvalue weighted by molar-refractivity contribution is 0.0697. The molecule has 1 N–H and O–H groups in total. The van der Waals surface area contributed by atoms with Crippen LogP contribution in [0.25, 0.3) is 0 Å². The van der Waals surface area contributed by atoms with E-state index in [1.54, 1.807) is 24.3 Å². The van der Waals surface area contributed by atoms with Crippen molar-refractivity contribution in [3.8, 4) is 5.75 Å². The Hall–Kier alpha value is -1.94. The molecule has 138 valence electrons. The normalized spacial score (nSPS) is 17.4. The molecule has 26 heavy (non-hydrogen) atoms. The molecular formula is C22H26O3S. The molecule has 2 aromatic carbocycles. The van der Waals surface area contributed by atoms with Crippen molar-refractivity contribution in [2.45, 2.75) is 63.2 Å². The van der Waals surface area contributed by atoms with Gasteiger partial charge in [-0.2, -0.15) is 0 Å². The van der Waals surface area contributed by atoms with Crippen LogP contribution in [0.2, 0.25) is 0 Å². The van der Waals surface area contributed by atoms with Gasteiger partial charge in [0.1, 0.15) is 5.75 Å². The highest BCUT2D eigenvalue weighted by Crippen LogP contribution is 2.47. The van der Waals surface area contributed by atoms with E-state index in [0.29, 0.717) is 5.75 Å². The summed E-state index contributed by atoms with van der Waals surface area (Å²) in [6, 6.07) is 11.1. The number of benzene rings is 2. The zero-order valence-corrected chi connectivity index (χ0v) is 16.9. The third-order valence-corrected chi connectivity index (χ3v) is 6.37. The van der Waals surface area contributed by atoms with Crippen LogP contribution in [0.15, 0.2) is 41.3 Å². The molecule has 0 saturated carbocycles. The summed E-state index contributed by atoms with van der Waals surface area (Å²) >= 11 is 1.34. The summed E-state index contributed by atoms with van der Waals surface area (Å²) in [5.74, 6) is -0.281. The molecule has 3 rings (SSSR count). The van der Waals surface area contributed by atoms with E-state index in [4.69, 9.17) is 9.29 Å². The van der Waals surface area contributed by atoms with E-state index in [-0.39, 0.29) is 16.4 Å².